The first kappa shape index (κ1) is 10.2. The third kappa shape index (κ3) is 1.36. The Hall–Kier alpha value is -1.02. The SMILES string of the molecule is COc1c(C)ccc2c1CC[C@@H]1NCC[C@@H]21. The molecule has 2 heteroatoms. The van der Waals surface area contributed by atoms with E-state index >= 15 is 0 Å². The van der Waals surface area contributed by atoms with Gasteiger partial charge < -0.3 is 10.1 Å². The number of methoxy groups -OCH3 is 1. The Balaban J connectivity index is 2.10. The van der Waals surface area contributed by atoms with Crippen molar-refractivity contribution in [1.82, 2.24) is 5.32 Å². The van der Waals surface area contributed by atoms with E-state index in [1.165, 1.54) is 36.1 Å². The summed E-state index contributed by atoms with van der Waals surface area (Å²) in [7, 11) is 1.79. The quantitative estimate of drug-likeness (QED) is 0.780. The van der Waals surface area contributed by atoms with E-state index in [0.717, 1.165) is 18.1 Å². The van der Waals surface area contributed by atoms with Crippen LogP contribution in [0.5, 0.6) is 5.75 Å². The van der Waals surface area contributed by atoms with E-state index in [4.69, 9.17) is 4.74 Å². The minimum absolute atomic E-state index is 0.708. The molecular weight excluding hydrogens is 198 g/mol. The maximum absolute atomic E-state index is 5.57. The highest BCUT2D eigenvalue weighted by Crippen LogP contribution is 2.41. The van der Waals surface area contributed by atoms with E-state index < -0.39 is 0 Å². The maximum Gasteiger partial charge on any atom is 0.125 e. The number of hydrogen-bond donors (Lipinski definition) is 1. The van der Waals surface area contributed by atoms with E-state index in [1.54, 1.807) is 7.11 Å². The second-order valence-corrected chi connectivity index (χ2v) is 4.98. The van der Waals surface area contributed by atoms with Crippen LogP contribution < -0.4 is 10.1 Å². The molecule has 0 saturated carbocycles. The summed E-state index contributed by atoms with van der Waals surface area (Å²) >= 11 is 0. The lowest BCUT2D eigenvalue weighted by Gasteiger charge is -2.29. The summed E-state index contributed by atoms with van der Waals surface area (Å²) in [5.41, 5.74) is 4.27. The van der Waals surface area contributed by atoms with Crippen LogP contribution in [-0.2, 0) is 6.42 Å². The fourth-order valence-corrected chi connectivity index (χ4v) is 3.39. The van der Waals surface area contributed by atoms with Gasteiger partial charge >= 0.3 is 0 Å². The van der Waals surface area contributed by atoms with Gasteiger partial charge in [0.05, 0.1) is 7.11 Å². The molecule has 0 spiro atoms. The van der Waals surface area contributed by atoms with Crippen molar-refractivity contribution in [2.75, 3.05) is 13.7 Å². The number of aryl methyl sites for hydroxylation is 1. The lowest BCUT2D eigenvalue weighted by atomic mass is 9.79. The van der Waals surface area contributed by atoms with Crippen molar-refractivity contribution in [1.29, 1.82) is 0 Å². The van der Waals surface area contributed by atoms with Crippen LogP contribution >= 0.6 is 0 Å². The normalized spacial score (nSPS) is 27.4. The molecule has 1 aromatic carbocycles. The summed E-state index contributed by atoms with van der Waals surface area (Å²) in [6.45, 7) is 3.31. The van der Waals surface area contributed by atoms with Gasteiger partial charge in [-0.15, -0.1) is 0 Å². The summed E-state index contributed by atoms with van der Waals surface area (Å²) in [6.07, 6.45) is 3.70. The van der Waals surface area contributed by atoms with Crippen molar-refractivity contribution in [2.45, 2.75) is 38.1 Å². The zero-order valence-electron chi connectivity index (χ0n) is 10.0. The molecule has 0 radical (unpaired) electrons. The van der Waals surface area contributed by atoms with Crippen LogP contribution in [0.3, 0.4) is 0 Å². The molecule has 1 fully saturated rings. The number of fused-ring (bicyclic) bond motifs is 3. The van der Waals surface area contributed by atoms with Crippen LogP contribution in [0.15, 0.2) is 12.1 Å². The number of nitrogens with one attached hydrogen (secondary N) is 1. The minimum Gasteiger partial charge on any atom is -0.496 e. The Morgan fingerprint density at radius 1 is 1.31 bits per heavy atom. The van der Waals surface area contributed by atoms with Crippen molar-refractivity contribution < 1.29 is 4.74 Å². The van der Waals surface area contributed by atoms with Gasteiger partial charge in [-0.25, -0.2) is 0 Å². The summed E-state index contributed by atoms with van der Waals surface area (Å²) in [5.74, 6) is 1.85. The molecule has 86 valence electrons. The molecule has 2 aliphatic rings. The molecule has 1 N–H and O–H groups in total. The molecule has 1 aromatic rings. The van der Waals surface area contributed by atoms with Crippen molar-refractivity contribution in [3.63, 3.8) is 0 Å². The molecule has 16 heavy (non-hydrogen) atoms. The molecule has 0 aromatic heterocycles. The average Bonchev–Trinajstić information content (AvgIpc) is 2.76. The molecule has 1 aliphatic carbocycles. The second-order valence-electron chi connectivity index (χ2n) is 4.98. The molecule has 3 rings (SSSR count). The van der Waals surface area contributed by atoms with Crippen LogP contribution in [0.25, 0.3) is 0 Å². The highest BCUT2D eigenvalue weighted by molar-refractivity contribution is 5.49. The Morgan fingerprint density at radius 2 is 2.19 bits per heavy atom. The topological polar surface area (TPSA) is 21.3 Å². The average molecular weight is 217 g/mol. The van der Waals surface area contributed by atoms with Gasteiger partial charge in [-0.1, -0.05) is 12.1 Å². The zero-order chi connectivity index (χ0) is 11.1. The van der Waals surface area contributed by atoms with Gasteiger partial charge in [-0.2, -0.15) is 0 Å². The predicted molar refractivity (Wildman–Crippen MR) is 65.2 cm³/mol. The number of hydrogen-bond acceptors (Lipinski definition) is 2. The van der Waals surface area contributed by atoms with Gasteiger partial charge in [-0.3, -0.25) is 0 Å². The summed E-state index contributed by atoms with van der Waals surface area (Å²) in [5, 5.41) is 3.61. The highest BCUT2D eigenvalue weighted by Gasteiger charge is 2.34. The Morgan fingerprint density at radius 3 is 3.00 bits per heavy atom. The predicted octanol–water partition coefficient (Wildman–Crippen LogP) is 2.40. The van der Waals surface area contributed by atoms with E-state index in [1.807, 2.05) is 0 Å². The van der Waals surface area contributed by atoms with Crippen molar-refractivity contribution >= 4 is 0 Å². The van der Waals surface area contributed by atoms with E-state index in [0.29, 0.717) is 6.04 Å². The Kier molecular flexibility index (Phi) is 2.40. The largest absolute Gasteiger partial charge is 0.496 e. The lowest BCUT2D eigenvalue weighted by Crippen LogP contribution is -2.30. The zero-order valence-corrected chi connectivity index (χ0v) is 10.0. The van der Waals surface area contributed by atoms with Crippen LogP contribution in [0.4, 0.5) is 0 Å². The molecule has 1 heterocycles. The van der Waals surface area contributed by atoms with Crippen molar-refractivity contribution in [2.24, 2.45) is 0 Å². The first-order chi connectivity index (χ1) is 7.81. The maximum atomic E-state index is 5.57. The molecule has 0 unspecified atom stereocenters. The third-order valence-electron chi connectivity index (χ3n) is 4.15. The Labute approximate surface area is 97.0 Å². The summed E-state index contributed by atoms with van der Waals surface area (Å²) in [6, 6.07) is 5.23. The lowest BCUT2D eigenvalue weighted by molar-refractivity contribution is 0.395. The molecule has 0 bridgehead atoms. The van der Waals surface area contributed by atoms with E-state index in [9.17, 15) is 0 Å². The van der Waals surface area contributed by atoms with Crippen LogP contribution in [0.1, 0.15) is 35.4 Å². The fraction of sp³-hybridized carbons (Fsp3) is 0.571. The van der Waals surface area contributed by atoms with Crippen molar-refractivity contribution in [3.05, 3.63) is 28.8 Å². The second kappa shape index (κ2) is 3.77. The molecule has 0 amide bonds. The highest BCUT2D eigenvalue weighted by atomic mass is 16.5. The minimum atomic E-state index is 0.708. The summed E-state index contributed by atoms with van der Waals surface area (Å²) in [4.78, 5) is 0. The van der Waals surface area contributed by atoms with Gasteiger partial charge in [0.15, 0.2) is 0 Å². The van der Waals surface area contributed by atoms with Crippen LogP contribution in [-0.4, -0.2) is 19.7 Å². The first-order valence-electron chi connectivity index (χ1n) is 6.21. The van der Waals surface area contributed by atoms with Crippen molar-refractivity contribution in [3.8, 4) is 5.75 Å². The van der Waals surface area contributed by atoms with Gasteiger partial charge in [0.25, 0.3) is 0 Å². The van der Waals surface area contributed by atoms with Gasteiger partial charge in [0.2, 0.25) is 0 Å². The fourth-order valence-electron chi connectivity index (χ4n) is 3.39. The smallest absolute Gasteiger partial charge is 0.125 e. The van der Waals surface area contributed by atoms with Gasteiger partial charge in [-0.05, 0) is 49.4 Å². The number of ether oxygens (including phenoxy) is 1. The van der Waals surface area contributed by atoms with E-state index in [2.05, 4.69) is 24.4 Å². The van der Waals surface area contributed by atoms with Gasteiger partial charge in [0, 0.05) is 12.0 Å². The first-order valence-corrected chi connectivity index (χ1v) is 6.21. The molecule has 2 atom stereocenters. The number of benzene rings is 1. The van der Waals surface area contributed by atoms with Crippen LogP contribution in [0, 0.1) is 6.92 Å². The monoisotopic (exact) mass is 217 g/mol. The molecule has 1 saturated heterocycles. The summed E-state index contributed by atoms with van der Waals surface area (Å²) < 4.78 is 5.57. The number of rotatable bonds is 1. The third-order valence-corrected chi connectivity index (χ3v) is 4.15. The standard InChI is InChI=1S/C14H19NO/c1-9-3-4-10-11-7-8-15-13(11)6-5-12(10)14(9)16-2/h3-4,11,13,15H,5-8H2,1-2H3/t11-,13-/m0/s1. The van der Waals surface area contributed by atoms with Gasteiger partial charge in [0.1, 0.15) is 5.75 Å². The van der Waals surface area contributed by atoms with Crippen LogP contribution in [0.2, 0.25) is 0 Å². The molecule has 1 aliphatic heterocycles. The van der Waals surface area contributed by atoms with E-state index in [-0.39, 0.29) is 0 Å². The Bertz CT molecular complexity index is 413. The molecule has 2 nitrogen and oxygen atoms in total. The molecular formula is C14H19NO.